The summed E-state index contributed by atoms with van der Waals surface area (Å²) in [7, 11) is 3.25. The van der Waals surface area contributed by atoms with E-state index in [9.17, 15) is 5.11 Å². The Labute approximate surface area is 105 Å². The molecule has 0 aliphatic rings. The van der Waals surface area contributed by atoms with Crippen LogP contribution in [-0.4, -0.2) is 24.3 Å². The van der Waals surface area contributed by atoms with Crippen molar-refractivity contribution in [2.24, 2.45) is 0 Å². The number of H-pyrrole nitrogens is 1. The van der Waals surface area contributed by atoms with Crippen LogP contribution in [0.1, 0.15) is 5.56 Å². The van der Waals surface area contributed by atoms with E-state index in [-0.39, 0.29) is 5.88 Å². The highest BCUT2D eigenvalue weighted by Crippen LogP contribution is 2.25. The van der Waals surface area contributed by atoms with E-state index in [1.165, 1.54) is 0 Å². The number of nitrogens with one attached hydrogen (secondary N) is 2. The van der Waals surface area contributed by atoms with Crippen molar-refractivity contribution in [1.29, 1.82) is 0 Å². The lowest BCUT2D eigenvalue weighted by Gasteiger charge is -2.11. The second kappa shape index (κ2) is 5.35. The van der Waals surface area contributed by atoms with E-state index in [4.69, 9.17) is 9.47 Å². The third kappa shape index (κ3) is 2.68. The van der Waals surface area contributed by atoms with Crippen LogP contribution >= 0.6 is 0 Å². The average molecular weight is 248 g/mol. The number of benzene rings is 1. The lowest BCUT2D eigenvalue weighted by molar-refractivity contribution is 0.391. The van der Waals surface area contributed by atoms with Crippen LogP contribution in [0.3, 0.4) is 0 Å². The van der Waals surface area contributed by atoms with Crippen molar-refractivity contribution < 1.29 is 14.6 Å². The van der Waals surface area contributed by atoms with Crippen LogP contribution in [0.4, 0.5) is 5.69 Å². The van der Waals surface area contributed by atoms with E-state index in [0.29, 0.717) is 6.54 Å². The first-order valence-electron chi connectivity index (χ1n) is 5.55. The summed E-state index contributed by atoms with van der Waals surface area (Å²) in [6.07, 6.45) is 1.70. The molecule has 5 nitrogen and oxygen atoms in total. The minimum absolute atomic E-state index is 0.138. The Morgan fingerprint density at radius 3 is 2.67 bits per heavy atom. The van der Waals surface area contributed by atoms with E-state index in [0.717, 1.165) is 22.7 Å². The van der Waals surface area contributed by atoms with Gasteiger partial charge >= 0.3 is 0 Å². The summed E-state index contributed by atoms with van der Waals surface area (Å²) in [5.74, 6) is 1.66. The fraction of sp³-hybridized carbons (Fsp3) is 0.231. The largest absolute Gasteiger partial charge is 0.497 e. The molecule has 96 valence electrons. The van der Waals surface area contributed by atoms with E-state index in [2.05, 4.69) is 10.3 Å². The molecule has 1 aromatic heterocycles. The first-order valence-corrected chi connectivity index (χ1v) is 5.55. The van der Waals surface area contributed by atoms with Gasteiger partial charge in [0.15, 0.2) is 5.88 Å². The molecular weight excluding hydrogens is 232 g/mol. The number of hydrogen-bond acceptors (Lipinski definition) is 4. The maximum atomic E-state index is 9.18. The Bertz CT molecular complexity index is 523. The zero-order valence-corrected chi connectivity index (χ0v) is 10.4. The second-order valence-corrected chi connectivity index (χ2v) is 3.80. The lowest BCUT2D eigenvalue weighted by Crippen LogP contribution is -2.01. The van der Waals surface area contributed by atoms with Crippen LogP contribution in [0.25, 0.3) is 0 Å². The van der Waals surface area contributed by atoms with Gasteiger partial charge in [-0.25, -0.2) is 0 Å². The van der Waals surface area contributed by atoms with Crippen LogP contribution in [0.2, 0.25) is 0 Å². The standard InChI is InChI=1S/C13H16N2O3/c1-17-11-4-3-9(12(6-11)18-2)7-14-10-5-13(16)15-8-10/h3-6,8,14-16H,7H2,1-2H3. The summed E-state index contributed by atoms with van der Waals surface area (Å²) in [5.41, 5.74) is 1.84. The summed E-state index contributed by atoms with van der Waals surface area (Å²) >= 11 is 0. The molecule has 0 spiro atoms. The molecule has 18 heavy (non-hydrogen) atoms. The topological polar surface area (TPSA) is 66.5 Å². The van der Waals surface area contributed by atoms with E-state index >= 15 is 0 Å². The van der Waals surface area contributed by atoms with Crippen LogP contribution in [0.5, 0.6) is 17.4 Å². The zero-order valence-electron chi connectivity index (χ0n) is 10.4. The fourth-order valence-electron chi connectivity index (χ4n) is 1.68. The Kier molecular flexibility index (Phi) is 3.62. The number of methoxy groups -OCH3 is 2. The van der Waals surface area contributed by atoms with E-state index in [1.807, 2.05) is 18.2 Å². The third-order valence-corrected chi connectivity index (χ3v) is 2.64. The Balaban J connectivity index is 2.08. The third-order valence-electron chi connectivity index (χ3n) is 2.64. The molecule has 0 bridgehead atoms. The molecule has 0 atom stereocenters. The monoisotopic (exact) mass is 248 g/mol. The smallest absolute Gasteiger partial charge is 0.190 e. The lowest BCUT2D eigenvalue weighted by atomic mass is 10.2. The van der Waals surface area contributed by atoms with Gasteiger partial charge in [0.2, 0.25) is 0 Å². The molecular formula is C13H16N2O3. The minimum atomic E-state index is 0.138. The van der Waals surface area contributed by atoms with Crippen molar-refractivity contribution >= 4 is 5.69 Å². The van der Waals surface area contributed by atoms with Crippen LogP contribution in [-0.2, 0) is 6.54 Å². The van der Waals surface area contributed by atoms with Crippen molar-refractivity contribution in [3.05, 3.63) is 36.0 Å². The molecule has 0 fully saturated rings. The first kappa shape index (κ1) is 12.2. The molecule has 2 aromatic rings. The normalized spacial score (nSPS) is 10.1. The molecule has 1 aromatic carbocycles. The van der Waals surface area contributed by atoms with Crippen molar-refractivity contribution in [3.8, 4) is 17.4 Å². The van der Waals surface area contributed by atoms with Crippen LogP contribution in [0.15, 0.2) is 30.5 Å². The van der Waals surface area contributed by atoms with Gasteiger partial charge in [0, 0.05) is 30.4 Å². The van der Waals surface area contributed by atoms with Gasteiger partial charge < -0.3 is 24.9 Å². The molecule has 0 saturated carbocycles. The highest BCUT2D eigenvalue weighted by Gasteiger charge is 2.05. The number of rotatable bonds is 5. The number of anilines is 1. The van der Waals surface area contributed by atoms with Crippen molar-refractivity contribution in [1.82, 2.24) is 4.98 Å². The summed E-state index contributed by atoms with van der Waals surface area (Å²) in [6, 6.07) is 7.28. The number of aromatic amines is 1. The van der Waals surface area contributed by atoms with Gasteiger partial charge in [0.05, 0.1) is 19.9 Å². The molecule has 3 N–H and O–H groups in total. The summed E-state index contributed by atoms with van der Waals surface area (Å²) < 4.78 is 10.4. The van der Waals surface area contributed by atoms with E-state index < -0.39 is 0 Å². The van der Waals surface area contributed by atoms with Gasteiger partial charge in [-0.3, -0.25) is 0 Å². The average Bonchev–Trinajstić information content (AvgIpc) is 2.82. The Morgan fingerprint density at radius 1 is 1.22 bits per heavy atom. The van der Waals surface area contributed by atoms with Crippen LogP contribution < -0.4 is 14.8 Å². The molecule has 0 aliphatic carbocycles. The molecule has 0 saturated heterocycles. The summed E-state index contributed by atoms with van der Waals surface area (Å²) in [6.45, 7) is 0.602. The van der Waals surface area contributed by atoms with Crippen molar-refractivity contribution in [2.75, 3.05) is 19.5 Å². The van der Waals surface area contributed by atoms with Gasteiger partial charge in [0.25, 0.3) is 0 Å². The van der Waals surface area contributed by atoms with Crippen LogP contribution in [0, 0.1) is 0 Å². The van der Waals surface area contributed by atoms with Gasteiger partial charge in [-0.1, -0.05) is 0 Å². The fourth-order valence-corrected chi connectivity index (χ4v) is 1.68. The van der Waals surface area contributed by atoms with E-state index in [1.54, 1.807) is 26.5 Å². The highest BCUT2D eigenvalue weighted by molar-refractivity contribution is 5.48. The number of ether oxygens (including phenoxy) is 2. The maximum absolute atomic E-state index is 9.18. The molecule has 5 heteroatoms. The van der Waals surface area contributed by atoms with Gasteiger partial charge in [-0.2, -0.15) is 0 Å². The number of aromatic hydroxyl groups is 1. The Morgan fingerprint density at radius 2 is 2.06 bits per heavy atom. The van der Waals surface area contributed by atoms with Gasteiger partial charge in [-0.15, -0.1) is 0 Å². The summed E-state index contributed by atoms with van der Waals surface area (Å²) in [4.78, 5) is 2.69. The second-order valence-electron chi connectivity index (χ2n) is 3.80. The quantitative estimate of drug-likeness (QED) is 0.760. The highest BCUT2D eigenvalue weighted by atomic mass is 16.5. The molecule has 0 radical (unpaired) electrons. The van der Waals surface area contributed by atoms with Gasteiger partial charge in [0.1, 0.15) is 11.5 Å². The number of hydrogen-bond donors (Lipinski definition) is 3. The minimum Gasteiger partial charge on any atom is -0.497 e. The summed E-state index contributed by atoms with van der Waals surface area (Å²) in [5, 5.41) is 12.4. The molecule has 0 aliphatic heterocycles. The number of aromatic nitrogens is 1. The molecule has 0 unspecified atom stereocenters. The molecule has 2 rings (SSSR count). The maximum Gasteiger partial charge on any atom is 0.190 e. The van der Waals surface area contributed by atoms with Gasteiger partial charge in [-0.05, 0) is 12.1 Å². The predicted molar refractivity (Wildman–Crippen MR) is 69.3 cm³/mol. The Hall–Kier alpha value is -2.30. The van der Waals surface area contributed by atoms with Crippen molar-refractivity contribution in [3.63, 3.8) is 0 Å². The molecule has 1 heterocycles. The first-order chi connectivity index (χ1) is 8.72. The zero-order chi connectivity index (χ0) is 13.0. The molecule has 0 amide bonds. The SMILES string of the molecule is COc1ccc(CNc2c[nH]c(O)c2)c(OC)c1. The van der Waals surface area contributed by atoms with Crippen molar-refractivity contribution in [2.45, 2.75) is 6.54 Å². The predicted octanol–water partition coefficient (Wildman–Crippen LogP) is 2.35.